The lowest BCUT2D eigenvalue weighted by atomic mass is 9.73. The van der Waals surface area contributed by atoms with Crippen molar-refractivity contribution >= 4 is 11.8 Å². The van der Waals surface area contributed by atoms with Gasteiger partial charge in [-0.2, -0.15) is 0 Å². The summed E-state index contributed by atoms with van der Waals surface area (Å²) in [5.74, 6) is -3.99. The van der Waals surface area contributed by atoms with Crippen molar-refractivity contribution in [2.45, 2.75) is 186 Å². The highest BCUT2D eigenvalue weighted by Gasteiger charge is 2.54. The molecule has 3 aliphatic heterocycles. The van der Waals surface area contributed by atoms with E-state index < -0.39 is 102 Å². The number of nitrogens with zero attached hydrogens (tertiary/aromatic N) is 1. The molecule has 15 heteroatoms. The highest BCUT2D eigenvalue weighted by Crippen LogP contribution is 2.42. The molecule has 3 saturated heterocycles. The van der Waals surface area contributed by atoms with Crippen molar-refractivity contribution in [3.8, 4) is 0 Å². The zero-order valence-corrected chi connectivity index (χ0v) is 36.6. The third-order valence-corrected chi connectivity index (χ3v) is 12.9. The van der Waals surface area contributed by atoms with Gasteiger partial charge in [0.1, 0.15) is 29.7 Å². The Morgan fingerprint density at radius 2 is 1.52 bits per heavy atom. The summed E-state index contributed by atoms with van der Waals surface area (Å²) in [5.41, 5.74) is 1.74. The van der Waals surface area contributed by atoms with Gasteiger partial charge in [0.15, 0.2) is 12.6 Å². The summed E-state index contributed by atoms with van der Waals surface area (Å²) >= 11 is 0. The van der Waals surface area contributed by atoms with E-state index >= 15 is 0 Å². The van der Waals surface area contributed by atoms with Crippen LogP contribution in [0.15, 0.2) is 0 Å². The van der Waals surface area contributed by atoms with Gasteiger partial charge in [-0.1, -0.05) is 27.7 Å². The molecule has 0 aliphatic carbocycles. The molecule has 3 heterocycles. The van der Waals surface area contributed by atoms with Crippen molar-refractivity contribution in [2.75, 3.05) is 41.5 Å². The number of cyclic esters (lactones) is 1. The van der Waals surface area contributed by atoms with Crippen LogP contribution in [0.3, 0.4) is 0 Å². The maximum absolute atomic E-state index is 14.5. The molecule has 18 atom stereocenters. The maximum atomic E-state index is 14.5. The van der Waals surface area contributed by atoms with E-state index in [1.807, 2.05) is 46.7 Å². The summed E-state index contributed by atoms with van der Waals surface area (Å²) in [7, 11) is 6.83. The molecule has 0 unspecified atom stereocenters. The van der Waals surface area contributed by atoms with Gasteiger partial charge in [-0.05, 0) is 87.9 Å². The summed E-state index contributed by atoms with van der Waals surface area (Å²) in [5, 5.41) is 34.9. The number of likely N-dealkylation sites (N-methyl/N-ethyl adjacent to an activating group) is 1. The van der Waals surface area contributed by atoms with E-state index in [0.29, 0.717) is 19.4 Å². The van der Waals surface area contributed by atoms with Gasteiger partial charge in [0, 0.05) is 51.0 Å². The lowest BCUT2D eigenvalue weighted by Crippen LogP contribution is -2.61. The van der Waals surface area contributed by atoms with Crippen LogP contribution in [-0.4, -0.2) is 158 Å². The summed E-state index contributed by atoms with van der Waals surface area (Å²) in [6, 6.07) is -0.279. The molecule has 5 N–H and O–H groups in total. The molecule has 328 valence electrons. The maximum Gasteiger partial charge on any atom is 0.311 e. The van der Waals surface area contributed by atoms with Gasteiger partial charge in [-0.3, -0.25) is 9.59 Å². The van der Waals surface area contributed by atoms with E-state index in [-0.39, 0.29) is 43.8 Å². The van der Waals surface area contributed by atoms with Gasteiger partial charge < -0.3 is 63.8 Å². The Morgan fingerprint density at radius 1 is 0.893 bits per heavy atom. The molecule has 0 aromatic heterocycles. The Balaban J connectivity index is 2.25. The number of aliphatic hydroxyl groups is 3. The predicted octanol–water partition coefficient (Wildman–Crippen LogP) is 2.81. The Labute approximate surface area is 335 Å². The second-order valence-corrected chi connectivity index (χ2v) is 17.6. The highest BCUT2D eigenvalue weighted by atomic mass is 16.7. The largest absolute Gasteiger partial charge is 0.459 e. The number of Topliss-reactive ketones (excluding diaryl/α,β-unsaturated/α-hetero) is 1. The second kappa shape index (κ2) is 20.3. The Bertz CT molecular complexity index is 1260. The number of ketones is 1. The molecule has 3 aliphatic rings. The molecule has 15 nitrogen and oxygen atoms in total. The van der Waals surface area contributed by atoms with Gasteiger partial charge in [-0.15, -0.1) is 0 Å². The van der Waals surface area contributed by atoms with Crippen molar-refractivity contribution in [2.24, 2.45) is 29.4 Å². The van der Waals surface area contributed by atoms with E-state index in [1.54, 1.807) is 34.6 Å². The van der Waals surface area contributed by atoms with Crippen LogP contribution in [-0.2, 0) is 47.5 Å². The van der Waals surface area contributed by atoms with E-state index in [4.69, 9.17) is 43.6 Å². The number of aliphatic hydroxyl groups excluding tert-OH is 2. The Morgan fingerprint density at radius 3 is 2.07 bits per heavy atom. The number of hydrogen-bond donors (Lipinski definition) is 4. The molecule has 3 fully saturated rings. The molecule has 0 aromatic carbocycles. The molecular weight excluding hydrogens is 728 g/mol. The summed E-state index contributed by atoms with van der Waals surface area (Å²) < 4.78 is 50.7. The molecule has 0 saturated carbocycles. The summed E-state index contributed by atoms with van der Waals surface area (Å²) in [6.45, 7) is 18.2. The van der Waals surface area contributed by atoms with Crippen LogP contribution in [0.25, 0.3) is 0 Å². The van der Waals surface area contributed by atoms with E-state index in [2.05, 4.69) is 0 Å². The first-order valence-electron chi connectivity index (χ1n) is 20.6. The van der Waals surface area contributed by atoms with Crippen molar-refractivity contribution in [1.29, 1.82) is 0 Å². The fourth-order valence-electron chi connectivity index (χ4n) is 9.18. The first-order chi connectivity index (χ1) is 26.0. The monoisotopic (exact) mass is 805 g/mol. The zero-order valence-electron chi connectivity index (χ0n) is 36.6. The van der Waals surface area contributed by atoms with Crippen LogP contribution in [0.1, 0.15) is 101 Å². The quantitative estimate of drug-likeness (QED) is 0.166. The summed E-state index contributed by atoms with van der Waals surface area (Å²) in [4.78, 5) is 30.9. The van der Waals surface area contributed by atoms with Crippen molar-refractivity contribution in [1.82, 2.24) is 4.90 Å². The smallest absolute Gasteiger partial charge is 0.311 e. The first kappa shape index (κ1) is 49.0. The summed E-state index contributed by atoms with van der Waals surface area (Å²) in [6.07, 6.45) is -7.42. The minimum absolute atomic E-state index is 0.136. The lowest BCUT2D eigenvalue weighted by Gasteiger charge is -2.50. The van der Waals surface area contributed by atoms with Crippen LogP contribution >= 0.6 is 0 Å². The third-order valence-electron chi connectivity index (χ3n) is 12.9. The molecule has 0 radical (unpaired) electrons. The number of carbonyl (C=O) groups excluding carboxylic acids is 2. The van der Waals surface area contributed by atoms with E-state index in [0.717, 1.165) is 0 Å². The van der Waals surface area contributed by atoms with E-state index in [9.17, 15) is 24.9 Å². The van der Waals surface area contributed by atoms with E-state index in [1.165, 1.54) is 21.1 Å². The Hall–Kier alpha value is -1.34. The topological polar surface area (TPSA) is 198 Å². The Kier molecular flexibility index (Phi) is 17.8. The molecule has 3 rings (SSSR count). The van der Waals surface area contributed by atoms with Crippen molar-refractivity contribution in [3.05, 3.63) is 0 Å². The molecule has 0 spiro atoms. The predicted molar refractivity (Wildman–Crippen MR) is 208 cm³/mol. The fraction of sp³-hybridized carbons (Fsp3) is 0.951. The third kappa shape index (κ3) is 10.9. The number of methoxy groups -OCH3 is 2. The number of nitrogens with two attached hydrogens (primary N) is 1. The minimum Gasteiger partial charge on any atom is -0.459 e. The van der Waals surface area contributed by atoms with Crippen LogP contribution in [0.2, 0.25) is 0 Å². The first-order valence-corrected chi connectivity index (χ1v) is 20.6. The average molecular weight is 805 g/mol. The van der Waals surface area contributed by atoms with Crippen molar-refractivity contribution in [3.63, 3.8) is 0 Å². The number of rotatable bonds is 12. The number of ether oxygens (including phenoxy) is 8. The molecular formula is C41H76N2O13. The second-order valence-electron chi connectivity index (χ2n) is 17.6. The average Bonchev–Trinajstić information content (AvgIpc) is 3.14. The minimum atomic E-state index is -1.78. The van der Waals surface area contributed by atoms with Crippen LogP contribution < -0.4 is 5.73 Å². The van der Waals surface area contributed by atoms with Gasteiger partial charge in [0.2, 0.25) is 0 Å². The molecule has 0 bridgehead atoms. The van der Waals surface area contributed by atoms with Gasteiger partial charge in [0.25, 0.3) is 0 Å². The van der Waals surface area contributed by atoms with Gasteiger partial charge in [0.05, 0.1) is 47.6 Å². The lowest BCUT2D eigenvalue weighted by molar-refractivity contribution is -0.319. The van der Waals surface area contributed by atoms with Crippen LogP contribution in [0.4, 0.5) is 0 Å². The molecule has 0 amide bonds. The normalized spacial score (nSPS) is 46.4. The standard InChI is InChI=1S/C41H76N2O13/c1-15-29-41(10,48)36(51-18-16-17-42)24(4)31(44)22(2)20-40(9,50-14)35(56-38-32(45)28(43(11)12)19-23(3)52-38)25(5)33(26(6)37(47)54-29)55-30-21-39(8,49-13)34(46)27(7)53-30/h22-30,32-36,38,45-46,48H,15-21,42H2,1-14H3/t22-,23-,24+,25+,26-,27+,28+,29-,30+,32-,33+,34+,35-,36-,38+,39-,40-,41-/m1/s1. The zero-order chi connectivity index (χ0) is 42.5. The van der Waals surface area contributed by atoms with Crippen LogP contribution in [0, 0.1) is 23.7 Å². The molecule has 0 aromatic rings. The fourth-order valence-corrected chi connectivity index (χ4v) is 9.18. The number of carbonyl (C=O) groups is 2. The van der Waals surface area contributed by atoms with Gasteiger partial charge >= 0.3 is 5.97 Å². The van der Waals surface area contributed by atoms with Crippen LogP contribution in [0.5, 0.6) is 0 Å². The van der Waals surface area contributed by atoms with Crippen molar-refractivity contribution < 1.29 is 62.8 Å². The molecule has 56 heavy (non-hydrogen) atoms. The number of esters is 1. The van der Waals surface area contributed by atoms with Gasteiger partial charge in [-0.25, -0.2) is 0 Å². The SMILES string of the molecule is CC[C@H]1OC(=O)[C@H](C)[C@@H](O[C@H]2C[C@@](C)(OC)[C@@H](O)[C@H](C)O2)[C@H](C)[C@@H](O[C@@H]2O[C@H](C)C[C@H](N(C)C)[C@H]2O)[C@](C)(OC)C[C@@H](C)C(=O)[C@H](C)[C@@H](OCCCN)[C@]1(C)O. The number of hydrogen-bond acceptors (Lipinski definition) is 15. The highest BCUT2D eigenvalue weighted by molar-refractivity contribution is 5.83.